The maximum absolute atomic E-state index is 4.49. The molecule has 0 saturated carbocycles. The number of aromatic nitrogens is 2. The van der Waals surface area contributed by atoms with E-state index < -0.39 is 0 Å². The van der Waals surface area contributed by atoms with Crippen molar-refractivity contribution in [3.8, 4) is 0 Å². The number of hydrogen-bond donors (Lipinski definition) is 2. The molecule has 0 amide bonds. The molecule has 1 fully saturated rings. The maximum atomic E-state index is 4.49. The fourth-order valence-corrected chi connectivity index (χ4v) is 4.00. The average Bonchev–Trinajstić information content (AvgIpc) is 3.06. The summed E-state index contributed by atoms with van der Waals surface area (Å²) in [6.45, 7) is 2.28. The van der Waals surface area contributed by atoms with E-state index in [2.05, 4.69) is 49.8 Å². The van der Waals surface area contributed by atoms with Crippen molar-refractivity contribution < 1.29 is 0 Å². The van der Waals surface area contributed by atoms with Crippen LogP contribution in [0.1, 0.15) is 24.0 Å². The molecule has 1 saturated heterocycles. The molecule has 2 aliphatic rings. The first-order valence-electron chi connectivity index (χ1n) is 8.90. The van der Waals surface area contributed by atoms with E-state index in [1.807, 2.05) is 13.1 Å². The van der Waals surface area contributed by atoms with Gasteiger partial charge in [0, 0.05) is 31.9 Å². The Morgan fingerprint density at radius 1 is 1.12 bits per heavy atom. The molecular formula is C19H25N5. The Bertz CT molecular complexity index is 677. The lowest BCUT2D eigenvalue weighted by Gasteiger charge is -2.37. The number of nitrogens with zero attached hydrogens (tertiary/aromatic N) is 3. The van der Waals surface area contributed by atoms with E-state index in [-0.39, 0.29) is 0 Å². The highest BCUT2D eigenvalue weighted by Gasteiger charge is 2.30. The van der Waals surface area contributed by atoms with E-state index in [4.69, 9.17) is 0 Å². The minimum absolute atomic E-state index is 0.426. The van der Waals surface area contributed by atoms with Gasteiger partial charge in [0.25, 0.3) is 0 Å². The Labute approximate surface area is 143 Å². The highest BCUT2D eigenvalue weighted by molar-refractivity contribution is 5.39. The molecule has 2 N–H and O–H groups in total. The Hall–Kier alpha value is -2.14. The molecule has 0 radical (unpaired) electrons. The SMILES string of the molecule is CNc1ccnc(N[C@@H]2CCCN(C3Cc4ccccc4C3)C2)n1. The smallest absolute Gasteiger partial charge is 0.224 e. The molecule has 5 heteroatoms. The van der Waals surface area contributed by atoms with Crippen LogP contribution in [0.4, 0.5) is 11.8 Å². The molecule has 1 atom stereocenters. The summed E-state index contributed by atoms with van der Waals surface area (Å²) in [5, 5.41) is 6.59. The summed E-state index contributed by atoms with van der Waals surface area (Å²) >= 11 is 0. The molecule has 0 spiro atoms. The van der Waals surface area contributed by atoms with E-state index in [1.165, 1.54) is 43.4 Å². The van der Waals surface area contributed by atoms with Gasteiger partial charge < -0.3 is 10.6 Å². The molecule has 24 heavy (non-hydrogen) atoms. The van der Waals surface area contributed by atoms with E-state index >= 15 is 0 Å². The summed E-state index contributed by atoms with van der Waals surface area (Å²) in [6.07, 6.45) is 6.60. The van der Waals surface area contributed by atoms with Gasteiger partial charge in [0.05, 0.1) is 0 Å². The number of anilines is 2. The van der Waals surface area contributed by atoms with Crippen molar-refractivity contribution >= 4 is 11.8 Å². The zero-order valence-corrected chi connectivity index (χ0v) is 14.2. The first-order valence-corrected chi connectivity index (χ1v) is 8.90. The summed E-state index contributed by atoms with van der Waals surface area (Å²) in [5.74, 6) is 1.58. The second-order valence-corrected chi connectivity index (χ2v) is 6.82. The van der Waals surface area contributed by atoms with Crippen LogP contribution in [0, 0.1) is 0 Å². The second-order valence-electron chi connectivity index (χ2n) is 6.82. The van der Waals surface area contributed by atoms with Crippen molar-refractivity contribution in [2.75, 3.05) is 30.8 Å². The van der Waals surface area contributed by atoms with Crippen molar-refractivity contribution in [3.05, 3.63) is 47.7 Å². The summed E-state index contributed by atoms with van der Waals surface area (Å²) in [4.78, 5) is 11.5. The van der Waals surface area contributed by atoms with Gasteiger partial charge in [0.1, 0.15) is 5.82 Å². The molecule has 1 aliphatic heterocycles. The van der Waals surface area contributed by atoms with E-state index in [0.29, 0.717) is 12.1 Å². The lowest BCUT2D eigenvalue weighted by atomic mass is 10.0. The Morgan fingerprint density at radius 2 is 1.92 bits per heavy atom. The topological polar surface area (TPSA) is 53.1 Å². The quantitative estimate of drug-likeness (QED) is 0.906. The number of hydrogen-bond acceptors (Lipinski definition) is 5. The average molecular weight is 323 g/mol. The second kappa shape index (κ2) is 6.77. The normalized spacial score (nSPS) is 21.5. The summed E-state index contributed by atoms with van der Waals surface area (Å²) in [7, 11) is 1.88. The van der Waals surface area contributed by atoms with Crippen LogP contribution in [0.25, 0.3) is 0 Å². The molecule has 1 aliphatic carbocycles. The molecule has 2 heterocycles. The summed E-state index contributed by atoms with van der Waals surface area (Å²) in [6, 6.07) is 11.8. The van der Waals surface area contributed by atoms with Crippen LogP contribution in [0.15, 0.2) is 36.5 Å². The third kappa shape index (κ3) is 3.22. The predicted octanol–water partition coefficient (Wildman–Crippen LogP) is 2.56. The third-order valence-electron chi connectivity index (χ3n) is 5.24. The van der Waals surface area contributed by atoms with Crippen LogP contribution in [0.3, 0.4) is 0 Å². The van der Waals surface area contributed by atoms with Crippen LogP contribution in [-0.4, -0.2) is 47.1 Å². The number of nitrogens with one attached hydrogen (secondary N) is 2. The van der Waals surface area contributed by atoms with Gasteiger partial charge in [-0.1, -0.05) is 24.3 Å². The number of rotatable bonds is 4. The predicted molar refractivity (Wildman–Crippen MR) is 97.4 cm³/mol. The lowest BCUT2D eigenvalue weighted by molar-refractivity contribution is 0.158. The zero-order chi connectivity index (χ0) is 16.4. The number of piperidine rings is 1. The molecule has 0 unspecified atom stereocenters. The van der Waals surface area contributed by atoms with Gasteiger partial charge >= 0.3 is 0 Å². The van der Waals surface area contributed by atoms with Gasteiger partial charge in [-0.2, -0.15) is 4.98 Å². The molecule has 1 aromatic heterocycles. The molecular weight excluding hydrogens is 298 g/mol. The summed E-state index contributed by atoms with van der Waals surface area (Å²) in [5.41, 5.74) is 3.06. The number of fused-ring (bicyclic) bond motifs is 1. The van der Waals surface area contributed by atoms with Gasteiger partial charge in [-0.3, -0.25) is 4.90 Å². The minimum Gasteiger partial charge on any atom is -0.373 e. The van der Waals surface area contributed by atoms with Crippen LogP contribution < -0.4 is 10.6 Å². The largest absolute Gasteiger partial charge is 0.373 e. The van der Waals surface area contributed by atoms with Gasteiger partial charge in [-0.15, -0.1) is 0 Å². The van der Waals surface area contributed by atoms with Crippen molar-refractivity contribution in [3.63, 3.8) is 0 Å². The van der Waals surface area contributed by atoms with E-state index in [9.17, 15) is 0 Å². The van der Waals surface area contributed by atoms with Crippen LogP contribution in [0.5, 0.6) is 0 Å². The fraction of sp³-hybridized carbons (Fsp3) is 0.474. The maximum Gasteiger partial charge on any atom is 0.224 e. The molecule has 1 aromatic carbocycles. The van der Waals surface area contributed by atoms with E-state index in [0.717, 1.165) is 18.3 Å². The van der Waals surface area contributed by atoms with E-state index in [1.54, 1.807) is 6.20 Å². The molecule has 2 aromatic rings. The van der Waals surface area contributed by atoms with Crippen molar-refractivity contribution in [1.82, 2.24) is 14.9 Å². The van der Waals surface area contributed by atoms with Crippen LogP contribution in [0.2, 0.25) is 0 Å². The van der Waals surface area contributed by atoms with Crippen molar-refractivity contribution in [1.29, 1.82) is 0 Å². The highest BCUT2D eigenvalue weighted by atomic mass is 15.2. The van der Waals surface area contributed by atoms with Gasteiger partial charge in [-0.25, -0.2) is 4.98 Å². The van der Waals surface area contributed by atoms with Gasteiger partial charge in [-0.05, 0) is 49.4 Å². The van der Waals surface area contributed by atoms with Crippen molar-refractivity contribution in [2.45, 2.75) is 37.8 Å². The van der Waals surface area contributed by atoms with Gasteiger partial charge in [0.15, 0.2) is 0 Å². The third-order valence-corrected chi connectivity index (χ3v) is 5.24. The number of benzene rings is 1. The lowest BCUT2D eigenvalue weighted by Crippen LogP contribution is -2.47. The monoisotopic (exact) mass is 323 g/mol. The van der Waals surface area contributed by atoms with Crippen molar-refractivity contribution in [2.24, 2.45) is 0 Å². The Morgan fingerprint density at radius 3 is 2.67 bits per heavy atom. The Kier molecular flexibility index (Phi) is 4.34. The first-order chi connectivity index (χ1) is 11.8. The molecule has 126 valence electrons. The highest BCUT2D eigenvalue weighted by Crippen LogP contribution is 2.27. The first kappa shape index (κ1) is 15.4. The standard InChI is InChI=1S/C19H25N5/c1-20-18-8-9-21-19(23-18)22-16-7-4-10-24(13-16)17-11-14-5-2-3-6-15(14)12-17/h2-3,5-6,8-9,16-17H,4,7,10-13H2,1H3,(H2,20,21,22,23)/t16-/m1/s1. The Balaban J connectivity index is 1.39. The molecule has 4 rings (SSSR count). The fourth-order valence-electron chi connectivity index (χ4n) is 4.00. The minimum atomic E-state index is 0.426. The zero-order valence-electron chi connectivity index (χ0n) is 14.2. The van der Waals surface area contributed by atoms with Gasteiger partial charge in [0.2, 0.25) is 5.95 Å². The molecule has 5 nitrogen and oxygen atoms in total. The molecule has 0 bridgehead atoms. The number of likely N-dealkylation sites (tertiary alicyclic amines) is 1. The van der Waals surface area contributed by atoms with Crippen LogP contribution >= 0.6 is 0 Å². The van der Waals surface area contributed by atoms with Crippen LogP contribution in [-0.2, 0) is 12.8 Å². The summed E-state index contributed by atoms with van der Waals surface area (Å²) < 4.78 is 0.